The van der Waals surface area contributed by atoms with E-state index in [-0.39, 0.29) is 41.5 Å². The molecular formula is C50H57FN8O6S. The predicted octanol–water partition coefficient (Wildman–Crippen LogP) is 10.9. The van der Waals surface area contributed by atoms with Crippen LogP contribution in [0.1, 0.15) is 127 Å². The summed E-state index contributed by atoms with van der Waals surface area (Å²) in [5.74, 6) is 1.22. The van der Waals surface area contributed by atoms with Crippen LogP contribution in [0.3, 0.4) is 0 Å². The number of nitrogens with one attached hydrogen (secondary N) is 3. The van der Waals surface area contributed by atoms with Crippen molar-refractivity contribution in [2.24, 2.45) is 11.3 Å². The van der Waals surface area contributed by atoms with Crippen LogP contribution in [0, 0.1) is 17.2 Å². The summed E-state index contributed by atoms with van der Waals surface area (Å²) in [4.78, 5) is 61.7. The van der Waals surface area contributed by atoms with Crippen molar-refractivity contribution in [1.82, 2.24) is 39.6 Å². The topological polar surface area (TPSA) is 160 Å². The van der Waals surface area contributed by atoms with Gasteiger partial charge in [-0.1, -0.05) is 40.7 Å². The molecule has 10 rings (SSSR count). The van der Waals surface area contributed by atoms with Gasteiger partial charge in [-0.25, -0.2) is 23.9 Å². The summed E-state index contributed by atoms with van der Waals surface area (Å²) in [5.41, 5.74) is 4.25. The van der Waals surface area contributed by atoms with E-state index in [1.54, 1.807) is 22.4 Å². The molecule has 14 nitrogen and oxygen atoms in total. The number of H-pyrrole nitrogens is 2. The zero-order chi connectivity index (χ0) is 46.6. The minimum atomic E-state index is -0.762. The number of thiophene rings is 1. The van der Waals surface area contributed by atoms with Gasteiger partial charge in [0.2, 0.25) is 12.1 Å². The van der Waals surface area contributed by atoms with Gasteiger partial charge < -0.3 is 34.4 Å². The summed E-state index contributed by atoms with van der Waals surface area (Å²) in [6.45, 7) is 16.5. The first-order valence-electron chi connectivity index (χ1n) is 22.9. The number of ether oxygens (including phenoxy) is 3. The van der Waals surface area contributed by atoms with Gasteiger partial charge >= 0.3 is 12.2 Å². The zero-order valence-corrected chi connectivity index (χ0v) is 39.6. The maximum Gasteiger partial charge on any atom is 0.411 e. The van der Waals surface area contributed by atoms with Crippen molar-refractivity contribution in [3.63, 3.8) is 0 Å². The van der Waals surface area contributed by atoms with E-state index in [2.05, 4.69) is 64.9 Å². The molecule has 0 radical (unpaired) electrons. The van der Waals surface area contributed by atoms with Gasteiger partial charge in [0.15, 0.2) is 0 Å². The molecule has 0 bridgehead atoms. The molecule has 6 aromatic rings. The Morgan fingerprint density at radius 3 is 2.36 bits per heavy atom. The molecule has 3 aliphatic heterocycles. The van der Waals surface area contributed by atoms with Gasteiger partial charge in [-0.2, -0.15) is 0 Å². The molecule has 3 N–H and O–H groups in total. The number of benzene rings is 2. The fourth-order valence-corrected chi connectivity index (χ4v) is 11.2. The highest BCUT2D eigenvalue weighted by atomic mass is 32.1. The molecule has 3 amide bonds. The number of halogens is 1. The van der Waals surface area contributed by atoms with Crippen molar-refractivity contribution in [1.29, 1.82) is 0 Å². The second-order valence-corrected chi connectivity index (χ2v) is 21.4. The monoisotopic (exact) mass is 916 g/mol. The summed E-state index contributed by atoms with van der Waals surface area (Å²) < 4.78 is 36.5. The number of alkyl carbamates (subject to hydrolysis) is 1. The highest BCUT2D eigenvalue weighted by molar-refractivity contribution is 7.12. The van der Waals surface area contributed by atoms with Gasteiger partial charge in [-0.15, -0.1) is 11.3 Å². The number of aromatic amines is 2. The lowest BCUT2D eigenvalue weighted by Crippen LogP contribution is -2.51. The Kier molecular flexibility index (Phi) is 10.6. The molecule has 7 heterocycles. The van der Waals surface area contributed by atoms with E-state index in [0.29, 0.717) is 53.0 Å². The molecule has 2 aromatic carbocycles. The van der Waals surface area contributed by atoms with Gasteiger partial charge in [-0.05, 0) is 106 Å². The molecule has 1 aliphatic carbocycles. The SMILES string of the molecule is COC(=O)N[C@H](C(=O)N1CCC[C@H]1c1ncc(-c2cc(F)c3c(c2)OC(c2ccc(C(C)C)s2)n2c-3cc3cc(-c4cnc(C5CC6(C)C[C@@H]6N5C(=O)OC(C)(C)C)[nH]4)ccc32)[nH]1)C(C)C. The molecule has 4 aromatic heterocycles. The van der Waals surface area contributed by atoms with Crippen LogP contribution in [-0.2, 0) is 14.3 Å². The number of piperidine rings is 1. The molecule has 346 valence electrons. The van der Waals surface area contributed by atoms with Crippen LogP contribution in [0.15, 0.2) is 60.9 Å². The lowest BCUT2D eigenvalue weighted by atomic mass is 10.0. The molecule has 4 aliphatic rings. The van der Waals surface area contributed by atoms with Crippen LogP contribution >= 0.6 is 11.3 Å². The second kappa shape index (κ2) is 16.0. The van der Waals surface area contributed by atoms with E-state index in [9.17, 15) is 14.4 Å². The number of aromatic nitrogens is 5. The van der Waals surface area contributed by atoms with Crippen LogP contribution in [0.2, 0.25) is 0 Å². The van der Waals surface area contributed by atoms with Crippen LogP contribution < -0.4 is 10.1 Å². The van der Waals surface area contributed by atoms with Gasteiger partial charge in [0.25, 0.3) is 0 Å². The number of hydrogen-bond donors (Lipinski definition) is 3. The van der Waals surface area contributed by atoms with E-state index in [0.717, 1.165) is 52.1 Å². The summed E-state index contributed by atoms with van der Waals surface area (Å²) in [6.07, 6.45) is 5.16. The fraction of sp³-hybridized carbons (Fsp3) is 0.460. The molecule has 2 saturated heterocycles. The molecule has 16 heteroatoms. The van der Waals surface area contributed by atoms with Crippen LogP contribution in [0.5, 0.6) is 5.75 Å². The summed E-state index contributed by atoms with van der Waals surface area (Å²) >= 11 is 1.68. The zero-order valence-electron chi connectivity index (χ0n) is 38.8. The van der Waals surface area contributed by atoms with Crippen LogP contribution in [0.25, 0.3) is 44.7 Å². The van der Waals surface area contributed by atoms with Crippen molar-refractivity contribution in [3.05, 3.63) is 88.1 Å². The van der Waals surface area contributed by atoms with Gasteiger partial charge in [0.05, 0.1) is 64.6 Å². The van der Waals surface area contributed by atoms with Crippen LogP contribution in [-0.4, -0.2) is 83.7 Å². The Morgan fingerprint density at radius 2 is 1.68 bits per heavy atom. The fourth-order valence-electron chi connectivity index (χ4n) is 10.2. The maximum absolute atomic E-state index is 16.9. The Morgan fingerprint density at radius 1 is 0.955 bits per heavy atom. The Balaban J connectivity index is 0.980. The van der Waals surface area contributed by atoms with Crippen LogP contribution in [0.4, 0.5) is 14.0 Å². The van der Waals surface area contributed by atoms with Crippen molar-refractivity contribution < 1.29 is 33.0 Å². The quantitative estimate of drug-likeness (QED) is 0.129. The van der Waals surface area contributed by atoms with E-state index in [1.807, 2.05) is 63.9 Å². The van der Waals surface area contributed by atoms with E-state index >= 15 is 4.39 Å². The maximum atomic E-state index is 16.9. The average Bonchev–Trinajstić information content (AvgIpc) is 4.05. The molecule has 66 heavy (non-hydrogen) atoms. The van der Waals surface area contributed by atoms with Crippen molar-refractivity contribution in [2.45, 2.75) is 123 Å². The number of methoxy groups -OCH3 is 1. The predicted molar refractivity (Wildman–Crippen MR) is 249 cm³/mol. The lowest BCUT2D eigenvalue weighted by Gasteiger charge is -2.30. The summed E-state index contributed by atoms with van der Waals surface area (Å²) in [5, 5.41) is 3.60. The van der Waals surface area contributed by atoms with E-state index in [4.69, 9.17) is 24.2 Å². The first kappa shape index (κ1) is 43.7. The third-order valence-electron chi connectivity index (χ3n) is 13.7. The number of fused-ring (bicyclic) bond motifs is 6. The number of likely N-dealkylation sites (tertiary alicyclic amines) is 2. The molecule has 1 saturated carbocycles. The third kappa shape index (κ3) is 7.60. The van der Waals surface area contributed by atoms with Gasteiger partial charge in [-0.3, -0.25) is 14.3 Å². The van der Waals surface area contributed by atoms with E-state index < -0.39 is 29.8 Å². The van der Waals surface area contributed by atoms with Gasteiger partial charge in [0.1, 0.15) is 34.9 Å². The first-order valence-corrected chi connectivity index (χ1v) is 23.7. The number of rotatable bonds is 9. The first-order chi connectivity index (χ1) is 31.4. The number of amides is 3. The largest absolute Gasteiger partial charge is 0.464 e. The van der Waals surface area contributed by atoms with E-state index in [1.165, 1.54) is 18.1 Å². The van der Waals surface area contributed by atoms with Crippen molar-refractivity contribution >= 4 is 40.3 Å². The smallest absolute Gasteiger partial charge is 0.411 e. The molecule has 3 fully saturated rings. The highest BCUT2D eigenvalue weighted by Crippen LogP contribution is 2.63. The molecule has 6 atom stereocenters. The molecular weight excluding hydrogens is 860 g/mol. The second-order valence-electron chi connectivity index (χ2n) is 20.3. The normalized spacial score (nSPS) is 22.6. The minimum Gasteiger partial charge on any atom is -0.464 e. The molecule has 3 unspecified atom stereocenters. The third-order valence-corrected chi connectivity index (χ3v) is 15.1. The number of nitrogens with zero attached hydrogens (tertiary/aromatic N) is 5. The Hall–Kier alpha value is -6.16. The highest BCUT2D eigenvalue weighted by Gasteiger charge is 2.64. The number of carbonyl (C=O) groups excluding carboxylic acids is 3. The Bertz CT molecular complexity index is 2890. The molecule has 0 spiro atoms. The average molecular weight is 917 g/mol. The number of carbonyl (C=O) groups is 3. The lowest BCUT2D eigenvalue weighted by molar-refractivity contribution is -0.135. The van der Waals surface area contributed by atoms with Crippen molar-refractivity contribution in [2.75, 3.05) is 13.7 Å². The van der Waals surface area contributed by atoms with Gasteiger partial charge in [0, 0.05) is 34.0 Å². The number of imidazole rings is 2. The minimum absolute atomic E-state index is 0.0485. The summed E-state index contributed by atoms with van der Waals surface area (Å²) in [6, 6.07) is 14.6. The number of hydrogen-bond acceptors (Lipinski definition) is 9. The Labute approximate surface area is 387 Å². The summed E-state index contributed by atoms with van der Waals surface area (Å²) in [7, 11) is 1.27. The standard InChI is InChI=1S/C50H57FN8O6S/c1-25(2)38-14-15-39(66-38)46-58-33-13-12-27(31-23-53-44(54-31)36-21-50(8)22-40(50)59(36)48(62)65-49(5,6)7)17-29(33)19-35(58)41-30(51)18-28(20-37(41)64-46)32-24-52-43(55-32)34-11-10-16-57(34)45(60)42(26(3)4)56-47(61)63-9/h12-15,17-20,23-26,34,36,40,42,46H,10-11,16,21-22H2,1-9H3,(H,52,55)(H,53,54)(H,56,61)/t34-,36?,40-,42-,46?,50?/m0/s1. The van der Waals surface area contributed by atoms with Crippen molar-refractivity contribution in [3.8, 4) is 39.5 Å².